The largest absolute Gasteiger partial charge is 0.455 e. The van der Waals surface area contributed by atoms with Crippen molar-refractivity contribution in [2.24, 2.45) is 16.7 Å². The first-order valence-electron chi connectivity index (χ1n) is 14.0. The fourth-order valence-corrected chi connectivity index (χ4v) is 7.86. The van der Waals surface area contributed by atoms with Gasteiger partial charge in [0, 0.05) is 31.2 Å². The highest BCUT2D eigenvalue weighted by Crippen LogP contribution is 2.67. The van der Waals surface area contributed by atoms with E-state index in [1.165, 1.54) is 19.9 Å². The third-order valence-electron chi connectivity index (χ3n) is 9.76. The van der Waals surface area contributed by atoms with E-state index in [0.29, 0.717) is 25.8 Å². The highest BCUT2D eigenvalue weighted by Gasteiger charge is 2.82. The van der Waals surface area contributed by atoms with Gasteiger partial charge in [-0.05, 0) is 44.1 Å². The Morgan fingerprint density at radius 1 is 1.15 bits per heavy atom. The number of nitrogens with one attached hydrogen (secondary N) is 1. The molecule has 9 heteroatoms. The van der Waals surface area contributed by atoms with Crippen LogP contribution in [0.5, 0.6) is 0 Å². The van der Waals surface area contributed by atoms with E-state index < -0.39 is 69.7 Å². The molecule has 0 aromatic heterocycles. The smallest absolute Gasteiger partial charge is 0.407 e. The first-order valence-corrected chi connectivity index (χ1v) is 14.0. The van der Waals surface area contributed by atoms with Gasteiger partial charge in [-0.2, -0.15) is 0 Å². The molecule has 1 aromatic carbocycles. The molecule has 8 atom stereocenters. The summed E-state index contributed by atoms with van der Waals surface area (Å²) in [6, 6.07) is 9.66. The lowest BCUT2D eigenvalue weighted by atomic mass is 9.39. The van der Waals surface area contributed by atoms with E-state index in [4.69, 9.17) is 14.2 Å². The van der Waals surface area contributed by atoms with Crippen molar-refractivity contribution in [1.82, 2.24) is 5.32 Å². The van der Waals surface area contributed by atoms with Crippen molar-refractivity contribution < 1.29 is 38.8 Å². The van der Waals surface area contributed by atoms with Gasteiger partial charge >= 0.3 is 12.1 Å². The fourth-order valence-electron chi connectivity index (χ4n) is 7.86. The molecular formula is C31H43NO8. The zero-order valence-electron chi connectivity index (χ0n) is 24.4. The minimum absolute atomic E-state index is 0.184. The van der Waals surface area contributed by atoms with Crippen molar-refractivity contribution in [3.05, 3.63) is 48.6 Å². The number of hydrogen-bond acceptors (Lipinski definition) is 8. The summed E-state index contributed by atoms with van der Waals surface area (Å²) in [6.45, 7) is 14.0. The number of aliphatic hydroxyl groups is 2. The van der Waals surface area contributed by atoms with Crippen LogP contribution in [0.2, 0.25) is 0 Å². The molecule has 1 aromatic rings. The summed E-state index contributed by atoms with van der Waals surface area (Å²) in [7, 11) is 0. The third kappa shape index (κ3) is 4.56. The predicted octanol–water partition coefficient (Wildman–Crippen LogP) is 3.50. The number of carbonyl (C=O) groups excluding carboxylic acids is 3. The average molecular weight is 558 g/mol. The Bertz CT molecular complexity index is 1170. The van der Waals surface area contributed by atoms with Crippen molar-refractivity contribution >= 4 is 17.8 Å². The van der Waals surface area contributed by atoms with Gasteiger partial charge in [-0.1, -0.05) is 57.2 Å². The zero-order valence-corrected chi connectivity index (χ0v) is 24.4. The van der Waals surface area contributed by atoms with E-state index >= 15 is 0 Å². The van der Waals surface area contributed by atoms with Crippen molar-refractivity contribution in [3.63, 3.8) is 0 Å². The average Bonchev–Trinajstić information content (AvgIpc) is 2.87. The number of hydrogen-bond donors (Lipinski definition) is 3. The Morgan fingerprint density at radius 3 is 2.40 bits per heavy atom. The number of esters is 1. The number of alkyl carbamates (subject to hydrolysis) is 1. The molecule has 1 saturated heterocycles. The van der Waals surface area contributed by atoms with Crippen LogP contribution < -0.4 is 5.32 Å². The molecule has 3 fully saturated rings. The second-order valence-electron chi connectivity index (χ2n) is 12.9. The zero-order chi connectivity index (χ0) is 29.7. The van der Waals surface area contributed by atoms with Gasteiger partial charge in [-0.15, -0.1) is 6.58 Å². The predicted molar refractivity (Wildman–Crippen MR) is 147 cm³/mol. The molecule has 220 valence electrons. The summed E-state index contributed by atoms with van der Waals surface area (Å²) >= 11 is 0. The number of amides is 1. The molecule has 0 unspecified atom stereocenters. The standard InChI is InChI=1S/C31H43NO8/c1-8-28(5)18-22(35)31(37)29(6)21(34)14-16-27(3,4)24(29)23(25(38-19(2)33)30(31,7)40-28)39-26(36)32-17-15-20-12-10-9-11-13-20/h8-13,21,23-25,34,37H,1,14-18H2,2-7H3,(H,32,36)/t21-,23-,24-,25-,28-,29-,30+,31-/m0/s1. The van der Waals surface area contributed by atoms with Gasteiger partial charge < -0.3 is 29.7 Å². The van der Waals surface area contributed by atoms with Crippen LogP contribution in [0, 0.1) is 16.7 Å². The normalized spacial score (nSPS) is 40.2. The Morgan fingerprint density at radius 2 is 1.80 bits per heavy atom. The summed E-state index contributed by atoms with van der Waals surface area (Å²) in [5.41, 5.74) is -6.44. The topological polar surface area (TPSA) is 131 Å². The number of Topliss-reactive ketones (excluding diaryl/α,β-unsaturated/α-hetero) is 1. The van der Waals surface area contributed by atoms with Gasteiger partial charge in [0.25, 0.3) is 0 Å². The van der Waals surface area contributed by atoms with Gasteiger partial charge in [0.15, 0.2) is 17.5 Å². The third-order valence-corrected chi connectivity index (χ3v) is 9.76. The van der Waals surface area contributed by atoms with Crippen LogP contribution in [0.15, 0.2) is 43.0 Å². The lowest BCUT2D eigenvalue weighted by molar-refractivity contribution is -0.369. The van der Waals surface area contributed by atoms with Crippen LogP contribution in [0.4, 0.5) is 4.79 Å². The number of rotatable bonds is 6. The molecule has 0 radical (unpaired) electrons. The molecule has 1 aliphatic heterocycles. The van der Waals surface area contributed by atoms with E-state index in [2.05, 4.69) is 11.9 Å². The molecule has 9 nitrogen and oxygen atoms in total. The Hall–Kier alpha value is -2.75. The first kappa shape index (κ1) is 30.2. The number of aliphatic hydroxyl groups excluding tert-OH is 1. The van der Waals surface area contributed by atoms with Crippen molar-refractivity contribution in [3.8, 4) is 0 Å². The lowest BCUT2D eigenvalue weighted by Gasteiger charge is -2.71. The van der Waals surface area contributed by atoms with E-state index in [-0.39, 0.29) is 6.42 Å². The highest BCUT2D eigenvalue weighted by atomic mass is 16.6. The van der Waals surface area contributed by atoms with Crippen LogP contribution in [-0.2, 0) is 30.2 Å². The molecule has 3 aliphatic rings. The molecule has 40 heavy (non-hydrogen) atoms. The molecule has 4 rings (SSSR count). The SMILES string of the molecule is C=C[C@@]1(C)CC(=O)[C@]2(O)[C@@]3(C)[C@@H](O)CCC(C)(C)[C@@H]3[C@H](OC(=O)NCCc3ccccc3)[C@H](OC(C)=O)[C@@]2(C)O1. The highest BCUT2D eigenvalue weighted by molar-refractivity contribution is 5.92. The summed E-state index contributed by atoms with van der Waals surface area (Å²) < 4.78 is 18.4. The van der Waals surface area contributed by atoms with Crippen LogP contribution >= 0.6 is 0 Å². The monoisotopic (exact) mass is 557 g/mol. The first-order chi connectivity index (χ1) is 18.6. The van der Waals surface area contributed by atoms with Crippen LogP contribution in [0.25, 0.3) is 0 Å². The summed E-state index contributed by atoms with van der Waals surface area (Å²) in [5.74, 6) is -2.01. The number of fused-ring (bicyclic) bond motifs is 3. The van der Waals surface area contributed by atoms with Gasteiger partial charge in [-0.25, -0.2) is 4.79 Å². The summed E-state index contributed by atoms with van der Waals surface area (Å²) in [4.78, 5) is 39.8. The van der Waals surface area contributed by atoms with Crippen LogP contribution in [0.1, 0.15) is 66.4 Å². The molecule has 3 N–H and O–H groups in total. The van der Waals surface area contributed by atoms with Crippen molar-refractivity contribution in [2.45, 2.75) is 102 Å². The maximum Gasteiger partial charge on any atom is 0.407 e. The van der Waals surface area contributed by atoms with Gasteiger partial charge in [-0.3, -0.25) is 9.59 Å². The minimum atomic E-state index is -2.27. The molecule has 1 heterocycles. The van der Waals surface area contributed by atoms with Gasteiger partial charge in [0.2, 0.25) is 0 Å². The Kier molecular flexibility index (Phi) is 7.75. The van der Waals surface area contributed by atoms with E-state index in [0.717, 1.165) is 5.56 Å². The number of ether oxygens (including phenoxy) is 3. The second-order valence-corrected chi connectivity index (χ2v) is 12.9. The Balaban J connectivity index is 1.80. The quantitative estimate of drug-likeness (QED) is 0.358. The molecular weight excluding hydrogens is 514 g/mol. The maximum atomic E-state index is 14.0. The van der Waals surface area contributed by atoms with E-state index in [9.17, 15) is 24.6 Å². The Labute approximate surface area is 236 Å². The van der Waals surface area contributed by atoms with Crippen LogP contribution in [0.3, 0.4) is 0 Å². The van der Waals surface area contributed by atoms with Crippen molar-refractivity contribution in [2.75, 3.05) is 6.54 Å². The second kappa shape index (κ2) is 10.3. The molecule has 0 bridgehead atoms. The molecule has 2 saturated carbocycles. The van der Waals surface area contributed by atoms with Crippen LogP contribution in [-0.4, -0.2) is 69.7 Å². The summed E-state index contributed by atoms with van der Waals surface area (Å²) in [6.07, 6.45) is -1.66. The number of benzene rings is 1. The molecule has 2 aliphatic carbocycles. The van der Waals surface area contributed by atoms with E-state index in [1.807, 2.05) is 44.2 Å². The lowest BCUT2D eigenvalue weighted by Crippen LogP contribution is -2.87. The van der Waals surface area contributed by atoms with Gasteiger partial charge in [0.05, 0.1) is 11.7 Å². The molecule has 0 spiro atoms. The molecule has 1 amide bonds. The maximum absolute atomic E-state index is 14.0. The summed E-state index contributed by atoms with van der Waals surface area (Å²) in [5, 5.41) is 26.9. The number of carbonyl (C=O) groups is 3. The minimum Gasteiger partial charge on any atom is -0.455 e. The number of ketones is 1. The van der Waals surface area contributed by atoms with Crippen molar-refractivity contribution in [1.29, 1.82) is 0 Å². The fraction of sp³-hybridized carbons (Fsp3) is 0.645. The van der Waals surface area contributed by atoms with Gasteiger partial charge in [0.1, 0.15) is 11.7 Å². The van der Waals surface area contributed by atoms with E-state index in [1.54, 1.807) is 13.8 Å².